The molecule has 160 valence electrons. The van der Waals surface area contributed by atoms with E-state index in [4.69, 9.17) is 0 Å². The highest BCUT2D eigenvalue weighted by atomic mass is 15.4. The molecule has 2 aliphatic rings. The number of hydrogen-bond donors (Lipinski definition) is 0. The van der Waals surface area contributed by atoms with Gasteiger partial charge in [0.1, 0.15) is 12.3 Å². The van der Waals surface area contributed by atoms with Gasteiger partial charge in [0.05, 0.1) is 0 Å². The molecular weight excluding hydrogens is 356 g/mol. The Hall–Kier alpha value is -2.10. The highest BCUT2D eigenvalue weighted by molar-refractivity contribution is 5.72. The van der Waals surface area contributed by atoms with Gasteiger partial charge in [-0.3, -0.25) is 0 Å². The fraction of sp³-hybridized carbons (Fsp3) is 0.600. The first-order valence-corrected chi connectivity index (χ1v) is 11.1. The monoisotopic (exact) mass is 396 g/mol. The summed E-state index contributed by atoms with van der Waals surface area (Å²) >= 11 is 0. The summed E-state index contributed by atoms with van der Waals surface area (Å²) in [6.45, 7) is 22.8. The lowest BCUT2D eigenvalue weighted by atomic mass is 9.85. The summed E-state index contributed by atoms with van der Waals surface area (Å²) < 4.78 is 0. The largest absolute Gasteiger partial charge is 0.353 e. The first-order valence-electron chi connectivity index (χ1n) is 11.1. The molecule has 29 heavy (non-hydrogen) atoms. The first-order chi connectivity index (χ1) is 13.4. The van der Waals surface area contributed by atoms with Gasteiger partial charge in [0.15, 0.2) is 0 Å². The van der Waals surface area contributed by atoms with Crippen molar-refractivity contribution in [3.05, 3.63) is 48.1 Å². The van der Waals surface area contributed by atoms with Crippen molar-refractivity contribution in [2.75, 3.05) is 9.80 Å². The molecule has 0 amide bonds. The number of nitrogens with zero attached hydrogens (tertiary/aromatic N) is 4. The van der Waals surface area contributed by atoms with Gasteiger partial charge in [-0.05, 0) is 77.1 Å². The van der Waals surface area contributed by atoms with E-state index < -0.39 is 0 Å². The Morgan fingerprint density at radius 1 is 0.724 bits per heavy atom. The van der Waals surface area contributed by atoms with Crippen molar-refractivity contribution in [2.24, 2.45) is 0 Å². The van der Waals surface area contributed by atoms with Crippen LogP contribution in [0.4, 0.5) is 11.4 Å². The first kappa shape index (κ1) is 21.6. The third kappa shape index (κ3) is 3.86. The molecule has 4 heteroatoms. The van der Waals surface area contributed by atoms with Gasteiger partial charge in [0, 0.05) is 48.3 Å². The van der Waals surface area contributed by atoms with Crippen LogP contribution in [0.1, 0.15) is 73.4 Å². The predicted molar refractivity (Wildman–Crippen MR) is 126 cm³/mol. The zero-order chi connectivity index (χ0) is 21.7. The van der Waals surface area contributed by atoms with E-state index in [0.29, 0.717) is 24.4 Å². The SMILES string of the molecule is Cc1c(N2C=CN(C(C)C)[C@@H]2C)cc(C(C)(C)C)cc1N1C=CN(C(C)C)[C@H]1C. The fourth-order valence-electron chi connectivity index (χ4n) is 4.51. The van der Waals surface area contributed by atoms with Gasteiger partial charge >= 0.3 is 0 Å². The maximum atomic E-state index is 2.43. The van der Waals surface area contributed by atoms with Crippen LogP contribution in [0.3, 0.4) is 0 Å². The second kappa shape index (κ2) is 7.62. The normalized spacial score (nSPS) is 22.2. The molecule has 0 fully saturated rings. The second-order valence-corrected chi connectivity index (χ2v) is 10.1. The van der Waals surface area contributed by atoms with Gasteiger partial charge in [0.25, 0.3) is 0 Å². The van der Waals surface area contributed by atoms with Gasteiger partial charge in [-0.1, -0.05) is 20.8 Å². The molecule has 2 heterocycles. The molecule has 0 saturated heterocycles. The Balaban J connectivity index is 2.09. The molecule has 0 saturated carbocycles. The van der Waals surface area contributed by atoms with Crippen molar-refractivity contribution in [3.63, 3.8) is 0 Å². The predicted octanol–water partition coefficient (Wildman–Crippen LogP) is 5.99. The number of rotatable bonds is 4. The van der Waals surface area contributed by atoms with E-state index in [9.17, 15) is 0 Å². The molecule has 0 N–H and O–H groups in total. The molecule has 3 rings (SSSR count). The lowest BCUT2D eigenvalue weighted by molar-refractivity contribution is 0.262. The zero-order valence-electron chi connectivity index (χ0n) is 20.1. The van der Waals surface area contributed by atoms with Crippen LogP contribution >= 0.6 is 0 Å². The van der Waals surface area contributed by atoms with Gasteiger partial charge in [0.2, 0.25) is 0 Å². The van der Waals surface area contributed by atoms with E-state index >= 15 is 0 Å². The molecule has 2 atom stereocenters. The van der Waals surface area contributed by atoms with Crippen molar-refractivity contribution >= 4 is 11.4 Å². The summed E-state index contributed by atoms with van der Waals surface area (Å²) in [4.78, 5) is 9.70. The van der Waals surface area contributed by atoms with Crippen molar-refractivity contribution in [3.8, 4) is 0 Å². The van der Waals surface area contributed by atoms with Crippen LogP contribution in [-0.2, 0) is 5.41 Å². The van der Waals surface area contributed by atoms with Crippen molar-refractivity contribution < 1.29 is 0 Å². The van der Waals surface area contributed by atoms with Crippen LogP contribution in [0.5, 0.6) is 0 Å². The number of benzene rings is 1. The minimum absolute atomic E-state index is 0.0893. The van der Waals surface area contributed by atoms with Crippen LogP contribution < -0.4 is 9.80 Å². The molecule has 4 nitrogen and oxygen atoms in total. The molecule has 0 spiro atoms. The molecular formula is C25H40N4. The number of hydrogen-bond acceptors (Lipinski definition) is 4. The van der Waals surface area contributed by atoms with Gasteiger partial charge in [-0.15, -0.1) is 0 Å². The highest BCUT2D eigenvalue weighted by Gasteiger charge is 2.31. The van der Waals surface area contributed by atoms with Crippen LogP contribution in [0.15, 0.2) is 36.9 Å². The molecule has 0 aromatic heterocycles. The summed E-state index contributed by atoms with van der Waals surface area (Å²) in [5, 5.41) is 0. The van der Waals surface area contributed by atoms with Gasteiger partial charge in [-0.25, -0.2) is 0 Å². The van der Waals surface area contributed by atoms with Crippen LogP contribution in [-0.4, -0.2) is 34.2 Å². The molecule has 1 aromatic rings. The topological polar surface area (TPSA) is 13.0 Å². The standard InChI is InChI=1S/C25H40N4/c1-17(2)26-11-13-28(20(26)6)23-15-22(25(8,9)10)16-24(19(23)5)29-14-12-27(18(3)4)21(29)7/h11-18,20-21H,1-10H3/t20-,21+. The Morgan fingerprint density at radius 2 is 1.10 bits per heavy atom. The van der Waals surface area contributed by atoms with Crippen LogP contribution in [0.25, 0.3) is 0 Å². The van der Waals surface area contributed by atoms with Gasteiger partial charge < -0.3 is 19.6 Å². The lowest BCUT2D eigenvalue weighted by Crippen LogP contribution is -2.41. The van der Waals surface area contributed by atoms with Crippen molar-refractivity contribution in [1.29, 1.82) is 0 Å². The summed E-state index contributed by atoms with van der Waals surface area (Å²) in [6, 6.07) is 5.76. The van der Waals surface area contributed by atoms with Crippen molar-refractivity contribution in [2.45, 2.75) is 99.1 Å². The lowest BCUT2D eigenvalue weighted by Gasteiger charge is -2.37. The summed E-state index contributed by atoms with van der Waals surface area (Å²) in [5.41, 5.74) is 5.42. The van der Waals surface area contributed by atoms with E-state index in [1.165, 1.54) is 22.5 Å². The molecule has 0 radical (unpaired) electrons. The summed E-state index contributed by atoms with van der Waals surface area (Å²) in [6.07, 6.45) is 9.58. The summed E-state index contributed by atoms with van der Waals surface area (Å²) in [5.74, 6) is 0. The van der Waals surface area contributed by atoms with E-state index in [1.54, 1.807) is 0 Å². The molecule has 1 aromatic carbocycles. The van der Waals surface area contributed by atoms with Crippen LogP contribution in [0.2, 0.25) is 0 Å². The molecule has 0 aliphatic carbocycles. The minimum Gasteiger partial charge on any atom is -0.353 e. The number of anilines is 2. The average molecular weight is 397 g/mol. The maximum Gasteiger partial charge on any atom is 0.103 e. The van der Waals surface area contributed by atoms with E-state index in [0.717, 1.165) is 0 Å². The van der Waals surface area contributed by atoms with Gasteiger partial charge in [-0.2, -0.15) is 0 Å². The van der Waals surface area contributed by atoms with E-state index in [-0.39, 0.29) is 5.41 Å². The van der Waals surface area contributed by atoms with Crippen molar-refractivity contribution in [1.82, 2.24) is 9.80 Å². The summed E-state index contributed by atoms with van der Waals surface area (Å²) in [7, 11) is 0. The third-order valence-corrected chi connectivity index (χ3v) is 6.43. The van der Waals surface area contributed by atoms with E-state index in [1.807, 2.05) is 0 Å². The Bertz CT molecular complexity index is 743. The molecule has 0 unspecified atom stereocenters. The van der Waals surface area contributed by atoms with E-state index in [2.05, 4.69) is 126 Å². The minimum atomic E-state index is 0.0893. The Labute approximate surface area is 178 Å². The quantitative estimate of drug-likeness (QED) is 0.620. The maximum absolute atomic E-state index is 2.43. The Morgan fingerprint density at radius 3 is 1.38 bits per heavy atom. The second-order valence-electron chi connectivity index (χ2n) is 10.1. The highest BCUT2D eigenvalue weighted by Crippen LogP contribution is 2.40. The third-order valence-electron chi connectivity index (χ3n) is 6.43. The fourth-order valence-corrected chi connectivity index (χ4v) is 4.51. The van der Waals surface area contributed by atoms with Crippen LogP contribution in [0, 0.1) is 6.92 Å². The molecule has 0 bridgehead atoms. The zero-order valence-corrected chi connectivity index (χ0v) is 20.1. The molecule has 2 aliphatic heterocycles. The Kier molecular flexibility index (Phi) is 5.68. The smallest absolute Gasteiger partial charge is 0.103 e. The average Bonchev–Trinajstić information content (AvgIpc) is 3.17.